The Morgan fingerprint density at radius 3 is 2.00 bits per heavy atom. The second-order valence-corrected chi connectivity index (χ2v) is 4.90. The van der Waals surface area contributed by atoms with Crippen molar-refractivity contribution >= 4 is 11.6 Å². The van der Waals surface area contributed by atoms with Crippen LogP contribution in [0.5, 0.6) is 0 Å². The predicted octanol–water partition coefficient (Wildman–Crippen LogP) is 2.16. The van der Waals surface area contributed by atoms with Crippen LogP contribution in [0.3, 0.4) is 0 Å². The minimum atomic E-state index is -0.227. The van der Waals surface area contributed by atoms with Crippen LogP contribution in [0, 0.1) is 10.8 Å². The molecule has 3 fully saturated rings. The monoisotopic (exact) mass is 202 g/mol. The maximum Gasteiger partial charge on any atom is 0.180 e. The molecule has 2 nitrogen and oxygen atoms in total. The van der Waals surface area contributed by atoms with Gasteiger partial charge in [0.25, 0.3) is 0 Å². The first kappa shape index (κ1) is 8.51. The SMILES string of the molecule is COC1(OCCCl)C2(CC2)C12CC2. The van der Waals surface area contributed by atoms with E-state index in [1.807, 2.05) is 0 Å². The van der Waals surface area contributed by atoms with E-state index in [9.17, 15) is 0 Å². The van der Waals surface area contributed by atoms with Gasteiger partial charge in [0, 0.05) is 23.8 Å². The van der Waals surface area contributed by atoms with E-state index in [1.165, 1.54) is 25.7 Å². The maximum absolute atomic E-state index is 5.84. The third-order valence-corrected chi connectivity index (χ3v) is 4.44. The molecule has 0 bridgehead atoms. The highest BCUT2D eigenvalue weighted by atomic mass is 35.5. The van der Waals surface area contributed by atoms with Gasteiger partial charge >= 0.3 is 0 Å². The molecule has 74 valence electrons. The average Bonchev–Trinajstić information content (AvgIpc) is 3.01. The first-order valence-corrected chi connectivity index (χ1v) is 5.57. The molecule has 3 heteroatoms. The van der Waals surface area contributed by atoms with E-state index in [2.05, 4.69) is 0 Å². The van der Waals surface area contributed by atoms with E-state index in [4.69, 9.17) is 21.1 Å². The van der Waals surface area contributed by atoms with E-state index >= 15 is 0 Å². The zero-order valence-corrected chi connectivity index (χ0v) is 8.69. The van der Waals surface area contributed by atoms with Crippen LogP contribution in [0.25, 0.3) is 0 Å². The highest BCUT2D eigenvalue weighted by molar-refractivity contribution is 6.17. The van der Waals surface area contributed by atoms with E-state index in [1.54, 1.807) is 7.11 Å². The number of halogens is 1. The van der Waals surface area contributed by atoms with Gasteiger partial charge in [0.05, 0.1) is 6.61 Å². The lowest BCUT2D eigenvalue weighted by Gasteiger charge is -2.16. The fourth-order valence-corrected chi connectivity index (χ4v) is 3.62. The standard InChI is InChI=1S/C10H15ClO2/c1-12-10(13-7-6-11)8(2-3-8)9(10)4-5-9/h2-7H2,1H3. The van der Waals surface area contributed by atoms with Crippen LogP contribution in [0.15, 0.2) is 0 Å². The molecule has 3 rings (SSSR count). The predicted molar refractivity (Wildman–Crippen MR) is 49.7 cm³/mol. The third-order valence-electron chi connectivity index (χ3n) is 4.28. The van der Waals surface area contributed by atoms with Crippen LogP contribution < -0.4 is 0 Å². The lowest BCUT2D eigenvalue weighted by atomic mass is 10.3. The summed E-state index contributed by atoms with van der Waals surface area (Å²) in [5.41, 5.74) is 0.835. The molecule has 0 radical (unpaired) electrons. The van der Waals surface area contributed by atoms with Gasteiger partial charge in [0.15, 0.2) is 5.79 Å². The van der Waals surface area contributed by atoms with E-state index in [0.29, 0.717) is 23.3 Å². The summed E-state index contributed by atoms with van der Waals surface area (Å²) in [6.45, 7) is 0.624. The fraction of sp³-hybridized carbons (Fsp3) is 1.00. The lowest BCUT2D eigenvalue weighted by molar-refractivity contribution is -0.170. The fourth-order valence-electron chi connectivity index (χ4n) is 3.54. The Morgan fingerprint density at radius 1 is 1.15 bits per heavy atom. The Balaban J connectivity index is 1.80. The smallest absolute Gasteiger partial charge is 0.180 e. The van der Waals surface area contributed by atoms with Crippen molar-refractivity contribution in [1.29, 1.82) is 0 Å². The third kappa shape index (κ3) is 0.682. The second kappa shape index (κ2) is 2.23. The molecular formula is C10H15ClO2. The van der Waals surface area contributed by atoms with Crippen molar-refractivity contribution in [2.75, 3.05) is 19.6 Å². The molecule has 3 aliphatic carbocycles. The van der Waals surface area contributed by atoms with Gasteiger partial charge in [-0.1, -0.05) is 0 Å². The van der Waals surface area contributed by atoms with Crippen LogP contribution >= 0.6 is 11.6 Å². The van der Waals surface area contributed by atoms with Crippen molar-refractivity contribution < 1.29 is 9.47 Å². The normalized spacial score (nSPS) is 41.1. The topological polar surface area (TPSA) is 18.5 Å². The van der Waals surface area contributed by atoms with Crippen LogP contribution in [-0.4, -0.2) is 25.4 Å². The summed E-state index contributed by atoms with van der Waals surface area (Å²) in [6, 6.07) is 0. The number of alkyl halides is 1. The maximum atomic E-state index is 5.84. The summed E-state index contributed by atoms with van der Waals surface area (Å²) in [5, 5.41) is 0. The van der Waals surface area contributed by atoms with E-state index in [0.717, 1.165) is 0 Å². The van der Waals surface area contributed by atoms with Gasteiger partial charge in [0.1, 0.15) is 0 Å². The summed E-state index contributed by atoms with van der Waals surface area (Å²) < 4.78 is 11.5. The average molecular weight is 203 g/mol. The Labute approximate surface area is 83.5 Å². The molecule has 0 atom stereocenters. The van der Waals surface area contributed by atoms with Gasteiger partial charge in [0.2, 0.25) is 0 Å². The van der Waals surface area contributed by atoms with Gasteiger partial charge in [-0.15, -0.1) is 11.6 Å². The quantitative estimate of drug-likeness (QED) is 0.514. The molecule has 0 heterocycles. The lowest BCUT2D eigenvalue weighted by Crippen LogP contribution is -2.24. The van der Waals surface area contributed by atoms with Crippen LogP contribution in [-0.2, 0) is 9.47 Å². The number of fused-ring (bicyclic) bond motifs is 1. The Morgan fingerprint density at radius 2 is 1.69 bits per heavy atom. The summed E-state index contributed by atoms with van der Waals surface area (Å²) in [7, 11) is 1.78. The van der Waals surface area contributed by atoms with E-state index < -0.39 is 0 Å². The van der Waals surface area contributed by atoms with Gasteiger partial charge < -0.3 is 9.47 Å². The number of methoxy groups -OCH3 is 1. The summed E-state index contributed by atoms with van der Waals surface area (Å²) in [5.74, 6) is 0.339. The zero-order chi connectivity index (χ0) is 9.16. The van der Waals surface area contributed by atoms with Crippen molar-refractivity contribution in [3.05, 3.63) is 0 Å². The first-order chi connectivity index (χ1) is 6.29. The molecule has 3 aliphatic rings. The minimum absolute atomic E-state index is 0.227. The molecule has 0 aromatic carbocycles. The molecule has 13 heavy (non-hydrogen) atoms. The van der Waals surface area contributed by atoms with Crippen molar-refractivity contribution in [3.63, 3.8) is 0 Å². The van der Waals surface area contributed by atoms with Gasteiger partial charge in [-0.25, -0.2) is 0 Å². The molecule has 0 saturated heterocycles. The Hall–Kier alpha value is 0.210. The molecule has 0 unspecified atom stereocenters. The van der Waals surface area contributed by atoms with Gasteiger partial charge in [-0.2, -0.15) is 0 Å². The molecule has 2 spiro atoms. The molecule has 0 aromatic rings. The van der Waals surface area contributed by atoms with Crippen molar-refractivity contribution in [2.45, 2.75) is 31.5 Å². The number of hydrogen-bond acceptors (Lipinski definition) is 2. The van der Waals surface area contributed by atoms with Gasteiger partial charge in [-0.3, -0.25) is 0 Å². The summed E-state index contributed by atoms with van der Waals surface area (Å²) >= 11 is 5.64. The highest BCUT2D eigenvalue weighted by Gasteiger charge is 2.98. The molecule has 0 aliphatic heterocycles. The largest absolute Gasteiger partial charge is 0.352 e. The number of rotatable bonds is 4. The molecular weight excluding hydrogens is 188 g/mol. The van der Waals surface area contributed by atoms with Crippen molar-refractivity contribution in [3.8, 4) is 0 Å². The van der Waals surface area contributed by atoms with Gasteiger partial charge in [-0.05, 0) is 25.7 Å². The number of hydrogen-bond donors (Lipinski definition) is 0. The second-order valence-electron chi connectivity index (χ2n) is 4.52. The van der Waals surface area contributed by atoms with Crippen LogP contribution in [0.4, 0.5) is 0 Å². The molecule has 3 saturated carbocycles. The minimum Gasteiger partial charge on any atom is -0.352 e. The zero-order valence-electron chi connectivity index (χ0n) is 7.94. The molecule has 0 aromatic heterocycles. The van der Waals surface area contributed by atoms with Crippen molar-refractivity contribution in [2.24, 2.45) is 10.8 Å². The summed E-state index contributed by atoms with van der Waals surface area (Å²) in [6.07, 6.45) is 5.18. The Bertz CT molecular complexity index is 225. The van der Waals surface area contributed by atoms with Crippen LogP contribution in [0.1, 0.15) is 25.7 Å². The highest BCUT2D eigenvalue weighted by Crippen LogP contribution is 2.95. The summed E-state index contributed by atoms with van der Waals surface area (Å²) in [4.78, 5) is 0. The number of ether oxygens (including phenoxy) is 2. The van der Waals surface area contributed by atoms with Crippen molar-refractivity contribution in [1.82, 2.24) is 0 Å². The Kier molecular flexibility index (Phi) is 1.46. The molecule has 0 N–H and O–H groups in total. The van der Waals surface area contributed by atoms with E-state index in [-0.39, 0.29) is 5.79 Å². The molecule has 0 amide bonds. The van der Waals surface area contributed by atoms with Crippen LogP contribution in [0.2, 0.25) is 0 Å². The first-order valence-electron chi connectivity index (χ1n) is 5.04.